The third kappa shape index (κ3) is 2.94. The zero-order valence-corrected chi connectivity index (χ0v) is 18.0. The average Bonchev–Trinajstić information content (AvgIpc) is 3.63. The predicted molar refractivity (Wildman–Crippen MR) is 130 cm³/mol. The molecule has 4 heterocycles. The molecule has 7 rings (SSSR count). The van der Waals surface area contributed by atoms with E-state index in [2.05, 4.69) is 52.0 Å². The Morgan fingerprint density at radius 2 is 1.52 bits per heavy atom. The van der Waals surface area contributed by atoms with Crippen molar-refractivity contribution in [1.29, 1.82) is 0 Å². The SMILES string of the molecule is c1ccc(-c2nnc(-c3cc4ccsc4n4nc(-c5ccc6ccccc6c5)nc34)o2)cc1. The minimum absolute atomic E-state index is 0.421. The lowest BCUT2D eigenvalue weighted by Gasteiger charge is -2.00. The first-order valence-corrected chi connectivity index (χ1v) is 11.4. The van der Waals surface area contributed by atoms with Crippen molar-refractivity contribution in [3.63, 3.8) is 0 Å². The number of rotatable bonds is 3. The van der Waals surface area contributed by atoms with Gasteiger partial charge in [-0.1, -0.05) is 54.6 Å². The van der Waals surface area contributed by atoms with Crippen molar-refractivity contribution < 1.29 is 4.42 Å². The van der Waals surface area contributed by atoms with Crippen LogP contribution in [0.15, 0.2) is 94.7 Å². The molecule has 0 saturated carbocycles. The predicted octanol–water partition coefficient (Wildman–Crippen LogP) is 6.48. The highest BCUT2D eigenvalue weighted by Crippen LogP contribution is 2.33. The smallest absolute Gasteiger partial charge is 0.251 e. The van der Waals surface area contributed by atoms with Gasteiger partial charge in [-0.25, -0.2) is 9.50 Å². The number of benzene rings is 3. The van der Waals surface area contributed by atoms with Crippen LogP contribution in [0.1, 0.15) is 0 Å². The molecule has 0 unspecified atom stereocenters. The lowest BCUT2D eigenvalue weighted by molar-refractivity contribution is 0.585. The Hall–Kier alpha value is -4.36. The van der Waals surface area contributed by atoms with Crippen molar-refractivity contribution in [3.8, 4) is 34.3 Å². The van der Waals surface area contributed by atoms with Gasteiger partial charge in [-0.15, -0.1) is 26.6 Å². The fraction of sp³-hybridized carbons (Fsp3) is 0. The van der Waals surface area contributed by atoms with Crippen LogP contribution in [0.25, 0.3) is 60.9 Å². The van der Waals surface area contributed by atoms with Crippen molar-refractivity contribution in [1.82, 2.24) is 24.8 Å². The number of aromatic nitrogens is 5. The summed E-state index contributed by atoms with van der Waals surface area (Å²) in [6.07, 6.45) is 0. The maximum absolute atomic E-state index is 6.06. The molecular formula is C26H15N5OS. The van der Waals surface area contributed by atoms with E-state index in [1.54, 1.807) is 11.3 Å². The summed E-state index contributed by atoms with van der Waals surface area (Å²) in [6.45, 7) is 0. The highest BCUT2D eigenvalue weighted by atomic mass is 32.1. The first kappa shape index (κ1) is 18.2. The number of hydrogen-bond donors (Lipinski definition) is 0. The first-order chi connectivity index (χ1) is 16.3. The van der Waals surface area contributed by atoms with Crippen molar-refractivity contribution in [3.05, 3.63) is 90.3 Å². The topological polar surface area (TPSA) is 69.1 Å². The van der Waals surface area contributed by atoms with Gasteiger partial charge in [0.1, 0.15) is 4.83 Å². The highest BCUT2D eigenvalue weighted by Gasteiger charge is 2.20. The Morgan fingerprint density at radius 1 is 0.697 bits per heavy atom. The van der Waals surface area contributed by atoms with Crippen molar-refractivity contribution in [2.75, 3.05) is 0 Å². The van der Waals surface area contributed by atoms with Gasteiger partial charge in [0.15, 0.2) is 11.5 Å². The molecule has 0 amide bonds. The Kier molecular flexibility index (Phi) is 3.91. The first-order valence-electron chi connectivity index (χ1n) is 10.5. The number of pyridine rings is 1. The van der Waals surface area contributed by atoms with Crippen LogP contribution in [-0.4, -0.2) is 24.8 Å². The van der Waals surface area contributed by atoms with E-state index in [-0.39, 0.29) is 0 Å². The van der Waals surface area contributed by atoms with E-state index < -0.39 is 0 Å². The summed E-state index contributed by atoms with van der Waals surface area (Å²) >= 11 is 1.63. The van der Waals surface area contributed by atoms with Crippen LogP contribution in [0.5, 0.6) is 0 Å². The van der Waals surface area contributed by atoms with E-state index in [1.165, 1.54) is 5.39 Å². The third-order valence-electron chi connectivity index (χ3n) is 5.70. The molecule has 6 nitrogen and oxygen atoms in total. The molecule has 7 aromatic rings. The number of hydrogen-bond acceptors (Lipinski definition) is 6. The quantitative estimate of drug-likeness (QED) is 0.311. The van der Waals surface area contributed by atoms with Gasteiger partial charge in [-0.05, 0) is 46.5 Å². The standard InChI is InChI=1S/C26H15N5OS/c1-2-7-17(8-3-1)24-28-29-25(32-24)21-15-20-12-13-33-26(20)31-23(21)27-22(30-31)19-11-10-16-6-4-5-9-18(16)14-19/h1-15H. The molecule has 0 fully saturated rings. The van der Waals surface area contributed by atoms with E-state index in [0.717, 1.165) is 32.3 Å². The fourth-order valence-corrected chi connectivity index (χ4v) is 4.91. The van der Waals surface area contributed by atoms with Crippen LogP contribution >= 0.6 is 11.3 Å². The molecule has 0 aliphatic carbocycles. The molecule has 0 aliphatic heterocycles. The van der Waals surface area contributed by atoms with Gasteiger partial charge >= 0.3 is 0 Å². The van der Waals surface area contributed by atoms with Gasteiger partial charge in [0.05, 0.1) is 5.56 Å². The van der Waals surface area contributed by atoms with Crippen LogP contribution in [-0.2, 0) is 0 Å². The molecule has 0 atom stereocenters. The monoisotopic (exact) mass is 445 g/mol. The molecule has 7 heteroatoms. The highest BCUT2D eigenvalue weighted by molar-refractivity contribution is 7.16. The second-order valence-electron chi connectivity index (χ2n) is 7.75. The summed E-state index contributed by atoms with van der Waals surface area (Å²) in [5.41, 5.74) is 3.29. The largest absolute Gasteiger partial charge is 0.416 e. The Labute approximate surface area is 191 Å². The zero-order valence-electron chi connectivity index (χ0n) is 17.2. The molecule has 33 heavy (non-hydrogen) atoms. The summed E-state index contributed by atoms with van der Waals surface area (Å²) in [5, 5.41) is 18.9. The second-order valence-corrected chi connectivity index (χ2v) is 8.64. The minimum Gasteiger partial charge on any atom is -0.416 e. The summed E-state index contributed by atoms with van der Waals surface area (Å²) in [4.78, 5) is 5.93. The zero-order chi connectivity index (χ0) is 21.8. The lowest BCUT2D eigenvalue weighted by atomic mass is 10.1. The molecule has 4 aromatic heterocycles. The second kappa shape index (κ2) is 7.08. The van der Waals surface area contributed by atoms with Gasteiger partial charge < -0.3 is 4.42 Å². The van der Waals surface area contributed by atoms with Crippen LogP contribution < -0.4 is 0 Å². The Balaban J connectivity index is 1.43. The van der Waals surface area contributed by atoms with Crippen molar-refractivity contribution in [2.45, 2.75) is 0 Å². The molecule has 3 aromatic carbocycles. The normalized spacial score (nSPS) is 11.6. The molecule has 0 N–H and O–H groups in total. The number of fused-ring (bicyclic) bond motifs is 4. The molecule has 0 aliphatic rings. The molecule has 0 saturated heterocycles. The van der Waals surface area contributed by atoms with Crippen LogP contribution in [0, 0.1) is 0 Å². The van der Waals surface area contributed by atoms with E-state index in [1.807, 2.05) is 53.0 Å². The van der Waals surface area contributed by atoms with Crippen molar-refractivity contribution in [2.24, 2.45) is 0 Å². The number of thiophene rings is 1. The lowest BCUT2D eigenvalue weighted by Crippen LogP contribution is -1.91. The van der Waals surface area contributed by atoms with Crippen LogP contribution in [0.3, 0.4) is 0 Å². The third-order valence-corrected chi connectivity index (χ3v) is 6.60. The maximum Gasteiger partial charge on any atom is 0.251 e. The Bertz CT molecular complexity index is 1780. The van der Waals surface area contributed by atoms with Crippen LogP contribution in [0.2, 0.25) is 0 Å². The molecule has 0 bridgehead atoms. The van der Waals surface area contributed by atoms with Crippen LogP contribution in [0.4, 0.5) is 0 Å². The molecular weight excluding hydrogens is 430 g/mol. The van der Waals surface area contributed by atoms with E-state index in [9.17, 15) is 0 Å². The number of nitrogens with zero attached hydrogens (tertiary/aromatic N) is 5. The Morgan fingerprint density at radius 3 is 2.42 bits per heavy atom. The van der Waals surface area contributed by atoms with Gasteiger partial charge in [-0.3, -0.25) is 0 Å². The average molecular weight is 446 g/mol. The summed E-state index contributed by atoms with van der Waals surface area (Å²) < 4.78 is 7.94. The van der Waals surface area contributed by atoms with E-state index in [0.29, 0.717) is 23.3 Å². The summed E-state index contributed by atoms with van der Waals surface area (Å²) in [6, 6.07) is 28.4. The van der Waals surface area contributed by atoms with Gasteiger partial charge in [0.2, 0.25) is 5.89 Å². The van der Waals surface area contributed by atoms with Gasteiger partial charge in [0.25, 0.3) is 5.89 Å². The molecule has 156 valence electrons. The van der Waals surface area contributed by atoms with Gasteiger partial charge in [0, 0.05) is 16.5 Å². The molecule has 0 radical (unpaired) electrons. The minimum atomic E-state index is 0.421. The van der Waals surface area contributed by atoms with Crippen molar-refractivity contribution >= 4 is 38.0 Å². The van der Waals surface area contributed by atoms with E-state index >= 15 is 0 Å². The molecule has 0 spiro atoms. The van der Waals surface area contributed by atoms with E-state index in [4.69, 9.17) is 14.5 Å². The summed E-state index contributed by atoms with van der Waals surface area (Å²) in [5.74, 6) is 1.55. The van der Waals surface area contributed by atoms with Gasteiger partial charge in [-0.2, -0.15) is 0 Å². The summed E-state index contributed by atoms with van der Waals surface area (Å²) in [7, 11) is 0. The fourth-order valence-electron chi connectivity index (χ4n) is 4.08. The maximum atomic E-state index is 6.06.